The first-order chi connectivity index (χ1) is 15.6. The van der Waals surface area contributed by atoms with Gasteiger partial charge < -0.3 is 10.0 Å². The molecular formula is C23H21F2N5O2. The summed E-state index contributed by atoms with van der Waals surface area (Å²) >= 11 is 0. The molecule has 1 atom stereocenters. The van der Waals surface area contributed by atoms with Gasteiger partial charge in [-0.25, -0.2) is 23.7 Å². The fourth-order valence-electron chi connectivity index (χ4n) is 4.44. The van der Waals surface area contributed by atoms with E-state index in [-0.39, 0.29) is 24.8 Å². The second kappa shape index (κ2) is 8.23. The van der Waals surface area contributed by atoms with Gasteiger partial charge in [-0.3, -0.25) is 9.36 Å². The lowest BCUT2D eigenvalue weighted by Gasteiger charge is -2.28. The molecule has 1 aliphatic heterocycles. The van der Waals surface area contributed by atoms with E-state index in [1.54, 1.807) is 30.3 Å². The first kappa shape index (κ1) is 20.4. The molecule has 3 heterocycles. The molecule has 0 amide bonds. The fraction of sp³-hybridized carbons (Fsp3) is 0.304. The van der Waals surface area contributed by atoms with Crippen molar-refractivity contribution >= 4 is 27.6 Å². The molecule has 1 aliphatic rings. The molecule has 0 spiro atoms. The third-order valence-corrected chi connectivity index (χ3v) is 5.83. The lowest BCUT2D eigenvalue weighted by Crippen LogP contribution is -2.33. The fourth-order valence-corrected chi connectivity index (χ4v) is 4.44. The smallest absolute Gasteiger partial charge is 0.297 e. The first-order valence-electron chi connectivity index (χ1n) is 10.5. The van der Waals surface area contributed by atoms with Gasteiger partial charge in [-0.15, -0.1) is 0 Å². The summed E-state index contributed by atoms with van der Waals surface area (Å²) in [5.41, 5.74) is 0.777. The average Bonchev–Trinajstić information content (AvgIpc) is 3.29. The van der Waals surface area contributed by atoms with E-state index in [9.17, 15) is 18.7 Å². The predicted molar refractivity (Wildman–Crippen MR) is 117 cm³/mol. The van der Waals surface area contributed by atoms with E-state index in [0.717, 1.165) is 6.42 Å². The maximum Gasteiger partial charge on any atom is 0.297 e. The van der Waals surface area contributed by atoms with Crippen LogP contribution in [0.15, 0.2) is 53.3 Å². The Balaban J connectivity index is 1.71. The number of aromatic nitrogens is 4. The highest BCUT2D eigenvalue weighted by Gasteiger charge is 2.33. The van der Waals surface area contributed by atoms with Gasteiger partial charge in [0.25, 0.3) is 12.0 Å². The van der Waals surface area contributed by atoms with E-state index in [1.807, 2.05) is 23.1 Å². The number of para-hydroxylation sites is 2. The highest BCUT2D eigenvalue weighted by atomic mass is 19.3. The molecule has 0 bridgehead atoms. The van der Waals surface area contributed by atoms with E-state index in [2.05, 4.69) is 9.97 Å². The third-order valence-electron chi connectivity index (χ3n) is 5.83. The average molecular weight is 437 g/mol. The van der Waals surface area contributed by atoms with E-state index in [1.165, 1.54) is 4.57 Å². The molecule has 1 saturated heterocycles. The van der Waals surface area contributed by atoms with E-state index in [4.69, 9.17) is 4.98 Å². The molecule has 0 radical (unpaired) electrons. The second-order valence-corrected chi connectivity index (χ2v) is 7.74. The van der Waals surface area contributed by atoms with Crippen molar-refractivity contribution in [2.45, 2.75) is 31.9 Å². The Labute approximate surface area is 182 Å². The van der Waals surface area contributed by atoms with Gasteiger partial charge in [0.15, 0.2) is 5.82 Å². The Kier molecular flexibility index (Phi) is 5.26. The van der Waals surface area contributed by atoms with Crippen LogP contribution in [0.25, 0.3) is 21.8 Å². The molecular weight excluding hydrogens is 416 g/mol. The van der Waals surface area contributed by atoms with Crippen LogP contribution in [0.4, 0.5) is 14.6 Å². The van der Waals surface area contributed by atoms with Gasteiger partial charge >= 0.3 is 0 Å². The molecule has 9 heteroatoms. The Morgan fingerprint density at radius 2 is 1.69 bits per heavy atom. The number of anilines is 1. The lowest BCUT2D eigenvalue weighted by atomic mass is 10.1. The van der Waals surface area contributed by atoms with Crippen molar-refractivity contribution in [1.29, 1.82) is 0 Å². The summed E-state index contributed by atoms with van der Waals surface area (Å²) in [6, 6.07) is 13.8. The highest BCUT2D eigenvalue weighted by Crippen LogP contribution is 2.38. The monoisotopic (exact) mass is 437 g/mol. The van der Waals surface area contributed by atoms with Gasteiger partial charge in [-0.2, -0.15) is 0 Å². The van der Waals surface area contributed by atoms with Crippen LogP contribution in [-0.2, 0) is 6.54 Å². The summed E-state index contributed by atoms with van der Waals surface area (Å²) in [6.45, 7) is 0.463. The number of hydrogen-bond acceptors (Lipinski definition) is 6. The number of rotatable bonds is 5. The molecule has 1 unspecified atom stereocenters. The van der Waals surface area contributed by atoms with Crippen LogP contribution in [-0.4, -0.2) is 37.8 Å². The number of alkyl halides is 2. The van der Waals surface area contributed by atoms with Crippen molar-refractivity contribution in [2.75, 3.05) is 18.1 Å². The molecule has 7 nitrogen and oxygen atoms in total. The zero-order valence-corrected chi connectivity index (χ0v) is 17.2. The van der Waals surface area contributed by atoms with Gasteiger partial charge in [-0.05, 0) is 37.1 Å². The molecule has 32 heavy (non-hydrogen) atoms. The van der Waals surface area contributed by atoms with Gasteiger partial charge in [0.2, 0.25) is 0 Å². The maximum absolute atomic E-state index is 13.5. The van der Waals surface area contributed by atoms with E-state index >= 15 is 0 Å². The molecule has 2 aromatic carbocycles. The normalized spacial score (nSPS) is 16.5. The van der Waals surface area contributed by atoms with E-state index < -0.39 is 12.2 Å². The number of aliphatic hydroxyl groups is 1. The quantitative estimate of drug-likeness (QED) is 0.514. The number of aliphatic hydroxyl groups excluding tert-OH is 1. The van der Waals surface area contributed by atoms with Crippen LogP contribution < -0.4 is 10.5 Å². The number of nitrogens with zero attached hydrogens (tertiary/aromatic N) is 5. The highest BCUT2D eigenvalue weighted by molar-refractivity contribution is 5.90. The Morgan fingerprint density at radius 3 is 2.41 bits per heavy atom. The largest absolute Gasteiger partial charge is 0.395 e. The molecule has 0 saturated carbocycles. The molecule has 1 fully saturated rings. The summed E-state index contributed by atoms with van der Waals surface area (Å²) in [7, 11) is 0. The minimum Gasteiger partial charge on any atom is -0.395 e. The predicted octanol–water partition coefficient (Wildman–Crippen LogP) is 3.61. The van der Waals surface area contributed by atoms with Crippen molar-refractivity contribution < 1.29 is 13.9 Å². The van der Waals surface area contributed by atoms with Crippen molar-refractivity contribution in [3.63, 3.8) is 0 Å². The summed E-state index contributed by atoms with van der Waals surface area (Å²) in [4.78, 5) is 28.1. The van der Waals surface area contributed by atoms with Crippen LogP contribution in [0, 0.1) is 0 Å². The number of benzene rings is 2. The van der Waals surface area contributed by atoms with Crippen molar-refractivity contribution in [3.8, 4) is 0 Å². The van der Waals surface area contributed by atoms with Crippen LogP contribution in [0.2, 0.25) is 0 Å². The minimum absolute atomic E-state index is 0.100. The minimum atomic E-state index is -2.80. The van der Waals surface area contributed by atoms with Crippen molar-refractivity contribution in [1.82, 2.24) is 19.5 Å². The zero-order valence-electron chi connectivity index (χ0n) is 17.2. The molecule has 1 N–H and O–H groups in total. The summed E-state index contributed by atoms with van der Waals surface area (Å²) in [6.07, 6.45) is -1.33. The summed E-state index contributed by atoms with van der Waals surface area (Å²) in [5, 5.41) is 10.7. The Hall–Kier alpha value is -3.46. The molecule has 4 aromatic rings. The topological polar surface area (TPSA) is 84.1 Å². The number of fused-ring (bicyclic) bond motifs is 2. The summed E-state index contributed by atoms with van der Waals surface area (Å²) in [5.74, 6) is 0.386. The number of halogens is 2. The SMILES string of the molecule is O=c1c2ccccc2nc(C2CCCN2c2nc(C(F)F)nc3ccccc23)n1CCO. The first-order valence-corrected chi connectivity index (χ1v) is 10.5. The molecule has 5 rings (SSSR count). The van der Waals surface area contributed by atoms with Crippen LogP contribution in [0.3, 0.4) is 0 Å². The van der Waals surface area contributed by atoms with Gasteiger partial charge in [0, 0.05) is 11.9 Å². The second-order valence-electron chi connectivity index (χ2n) is 7.74. The third kappa shape index (κ3) is 3.38. The molecule has 2 aromatic heterocycles. The van der Waals surface area contributed by atoms with Gasteiger partial charge in [0.1, 0.15) is 11.6 Å². The van der Waals surface area contributed by atoms with Gasteiger partial charge in [0.05, 0.1) is 35.6 Å². The molecule has 0 aliphatic carbocycles. The Bertz CT molecular complexity index is 1360. The van der Waals surface area contributed by atoms with Crippen molar-refractivity contribution in [2.24, 2.45) is 0 Å². The zero-order chi connectivity index (χ0) is 22.2. The van der Waals surface area contributed by atoms with Gasteiger partial charge in [-0.1, -0.05) is 24.3 Å². The van der Waals surface area contributed by atoms with Crippen LogP contribution in [0.5, 0.6) is 0 Å². The molecule has 164 valence electrons. The maximum atomic E-state index is 13.5. The van der Waals surface area contributed by atoms with Crippen LogP contribution in [0.1, 0.15) is 37.0 Å². The lowest BCUT2D eigenvalue weighted by molar-refractivity contribution is 0.141. The standard InChI is InChI=1S/C23H21F2N5O2/c24-19(25)20-26-16-8-3-1-6-14(16)21(28-20)29-11-5-10-18(29)22-27-17-9-4-2-7-15(17)23(32)30(22)12-13-31/h1-4,6-9,18-19,31H,5,10-13H2. The van der Waals surface area contributed by atoms with E-state index in [0.29, 0.717) is 46.4 Å². The summed E-state index contributed by atoms with van der Waals surface area (Å²) < 4.78 is 28.6. The van der Waals surface area contributed by atoms with Crippen molar-refractivity contribution in [3.05, 3.63) is 70.5 Å². The Morgan fingerprint density at radius 1 is 1.00 bits per heavy atom. The van der Waals surface area contributed by atoms with Crippen LogP contribution >= 0.6 is 0 Å². The number of hydrogen-bond donors (Lipinski definition) is 1.